The topological polar surface area (TPSA) is 41.6 Å². The Labute approximate surface area is 138 Å². The Bertz CT molecular complexity index is 478. The van der Waals surface area contributed by atoms with Crippen molar-refractivity contribution in [1.82, 2.24) is 10.2 Å². The van der Waals surface area contributed by atoms with Crippen LogP contribution in [0.15, 0.2) is 24.3 Å². The number of ether oxygens (including phenoxy) is 1. The van der Waals surface area contributed by atoms with E-state index in [0.29, 0.717) is 25.1 Å². The fourth-order valence-electron chi connectivity index (χ4n) is 3.53. The fourth-order valence-corrected chi connectivity index (χ4v) is 3.53. The van der Waals surface area contributed by atoms with Crippen LogP contribution in [-0.2, 0) is 11.2 Å². The molecule has 122 valence electrons. The Hall–Kier alpha value is -1.26. The van der Waals surface area contributed by atoms with E-state index in [1.807, 2.05) is 31.2 Å². The third kappa shape index (κ3) is 3.73. The number of carbonyl (C=O) groups is 1. The number of rotatable bonds is 4. The van der Waals surface area contributed by atoms with Crippen LogP contribution in [-0.4, -0.2) is 42.6 Å². The highest BCUT2D eigenvalue weighted by atomic mass is 35.5. The third-order valence-electron chi connectivity index (χ3n) is 4.53. The zero-order chi connectivity index (χ0) is 14.7. The summed E-state index contributed by atoms with van der Waals surface area (Å²) >= 11 is 0. The van der Waals surface area contributed by atoms with Crippen molar-refractivity contribution < 1.29 is 9.53 Å². The maximum atomic E-state index is 12.7. The summed E-state index contributed by atoms with van der Waals surface area (Å²) in [4.78, 5) is 14.8. The highest BCUT2D eigenvalue weighted by molar-refractivity contribution is 5.85. The summed E-state index contributed by atoms with van der Waals surface area (Å²) in [5, 5.41) is 3.44. The molecule has 5 heteroatoms. The maximum absolute atomic E-state index is 12.7. The summed E-state index contributed by atoms with van der Waals surface area (Å²) in [7, 11) is 0. The number of benzene rings is 1. The lowest BCUT2D eigenvalue weighted by Gasteiger charge is -2.28. The van der Waals surface area contributed by atoms with E-state index in [0.717, 1.165) is 37.2 Å². The summed E-state index contributed by atoms with van der Waals surface area (Å²) in [6.45, 7) is 4.63. The minimum absolute atomic E-state index is 0. The molecule has 0 radical (unpaired) electrons. The highest BCUT2D eigenvalue weighted by Gasteiger charge is 2.37. The first-order chi connectivity index (χ1) is 10.3. The van der Waals surface area contributed by atoms with Gasteiger partial charge in [0.1, 0.15) is 5.75 Å². The number of halogens is 1. The van der Waals surface area contributed by atoms with Crippen LogP contribution in [0.5, 0.6) is 5.75 Å². The zero-order valence-corrected chi connectivity index (χ0v) is 13.9. The summed E-state index contributed by atoms with van der Waals surface area (Å²) in [6, 6.07) is 8.74. The minimum Gasteiger partial charge on any atom is -0.494 e. The SMILES string of the molecule is CCOc1ccc(CC(=O)N2C3CCNCC2CC3)cc1.Cl. The van der Waals surface area contributed by atoms with Crippen molar-refractivity contribution in [2.24, 2.45) is 0 Å². The summed E-state index contributed by atoms with van der Waals surface area (Å²) < 4.78 is 5.44. The van der Waals surface area contributed by atoms with Crippen LogP contribution in [0.1, 0.15) is 31.7 Å². The van der Waals surface area contributed by atoms with Crippen molar-refractivity contribution in [3.8, 4) is 5.75 Å². The molecule has 0 aromatic heterocycles. The second-order valence-corrected chi connectivity index (χ2v) is 5.93. The molecule has 2 fully saturated rings. The van der Waals surface area contributed by atoms with Gasteiger partial charge in [0.25, 0.3) is 0 Å². The molecule has 3 rings (SSSR count). The number of fused-ring (bicyclic) bond motifs is 2. The second kappa shape index (κ2) is 7.84. The quantitative estimate of drug-likeness (QED) is 0.924. The van der Waals surface area contributed by atoms with Crippen molar-refractivity contribution in [2.75, 3.05) is 19.7 Å². The summed E-state index contributed by atoms with van der Waals surface area (Å²) in [5.74, 6) is 1.14. The van der Waals surface area contributed by atoms with E-state index in [9.17, 15) is 4.79 Å². The lowest BCUT2D eigenvalue weighted by molar-refractivity contribution is -0.133. The molecule has 1 amide bonds. The second-order valence-electron chi connectivity index (χ2n) is 5.93. The lowest BCUT2D eigenvalue weighted by atomic mass is 10.1. The normalized spacial score (nSPS) is 23.6. The van der Waals surface area contributed by atoms with E-state index in [4.69, 9.17) is 4.74 Å². The number of hydrogen-bond acceptors (Lipinski definition) is 3. The largest absolute Gasteiger partial charge is 0.494 e. The van der Waals surface area contributed by atoms with Gasteiger partial charge in [-0.2, -0.15) is 0 Å². The van der Waals surface area contributed by atoms with Crippen LogP contribution in [0.2, 0.25) is 0 Å². The molecule has 2 aliphatic rings. The summed E-state index contributed by atoms with van der Waals surface area (Å²) in [5.41, 5.74) is 1.07. The Morgan fingerprint density at radius 1 is 1.23 bits per heavy atom. The molecule has 2 aliphatic heterocycles. The molecule has 0 saturated carbocycles. The van der Waals surface area contributed by atoms with Gasteiger partial charge in [0, 0.05) is 18.6 Å². The summed E-state index contributed by atoms with van der Waals surface area (Å²) in [6.07, 6.45) is 3.90. The van der Waals surface area contributed by atoms with Gasteiger partial charge in [-0.3, -0.25) is 4.79 Å². The van der Waals surface area contributed by atoms with Gasteiger partial charge < -0.3 is 15.0 Å². The van der Waals surface area contributed by atoms with E-state index in [1.165, 1.54) is 6.42 Å². The van der Waals surface area contributed by atoms with Gasteiger partial charge in [-0.25, -0.2) is 0 Å². The van der Waals surface area contributed by atoms with Crippen LogP contribution in [0.4, 0.5) is 0 Å². The molecule has 1 aromatic carbocycles. The third-order valence-corrected chi connectivity index (χ3v) is 4.53. The Balaban J connectivity index is 0.00000176. The van der Waals surface area contributed by atoms with Crippen LogP contribution in [0, 0.1) is 0 Å². The fraction of sp³-hybridized carbons (Fsp3) is 0.588. The van der Waals surface area contributed by atoms with Crippen LogP contribution >= 0.6 is 12.4 Å². The first-order valence-corrected chi connectivity index (χ1v) is 8.01. The van der Waals surface area contributed by atoms with Crippen molar-refractivity contribution >= 4 is 18.3 Å². The van der Waals surface area contributed by atoms with Crippen LogP contribution in [0.25, 0.3) is 0 Å². The monoisotopic (exact) mass is 324 g/mol. The lowest BCUT2D eigenvalue weighted by Crippen LogP contribution is -2.43. The predicted octanol–water partition coefficient (Wildman–Crippen LogP) is 2.40. The van der Waals surface area contributed by atoms with Gasteiger partial charge in [-0.1, -0.05) is 12.1 Å². The molecule has 0 spiro atoms. The average molecular weight is 325 g/mol. The molecule has 2 atom stereocenters. The van der Waals surface area contributed by atoms with Crippen molar-refractivity contribution in [3.63, 3.8) is 0 Å². The standard InChI is InChI=1S/C17H24N2O2.ClH/c1-2-21-16-7-3-13(4-8-16)11-17(20)19-14-5-6-15(19)12-18-10-9-14;/h3-4,7-8,14-15,18H,2,5-6,9-12H2,1H3;1H. The number of amides is 1. The molecule has 1 N–H and O–H groups in total. The number of hydrogen-bond donors (Lipinski definition) is 1. The average Bonchev–Trinajstić information content (AvgIpc) is 2.74. The van der Waals surface area contributed by atoms with E-state index in [2.05, 4.69) is 10.2 Å². The van der Waals surface area contributed by atoms with Gasteiger partial charge in [-0.05, 0) is 50.4 Å². The Morgan fingerprint density at radius 2 is 1.95 bits per heavy atom. The van der Waals surface area contributed by atoms with Crippen molar-refractivity contribution in [2.45, 2.75) is 44.7 Å². The van der Waals surface area contributed by atoms with Gasteiger partial charge in [-0.15, -0.1) is 12.4 Å². The highest BCUT2D eigenvalue weighted by Crippen LogP contribution is 2.28. The van der Waals surface area contributed by atoms with Crippen molar-refractivity contribution in [1.29, 1.82) is 0 Å². The van der Waals surface area contributed by atoms with E-state index in [-0.39, 0.29) is 18.3 Å². The number of nitrogens with one attached hydrogen (secondary N) is 1. The van der Waals surface area contributed by atoms with Gasteiger partial charge >= 0.3 is 0 Å². The zero-order valence-electron chi connectivity index (χ0n) is 13.1. The Kier molecular flexibility index (Phi) is 6.09. The maximum Gasteiger partial charge on any atom is 0.227 e. The molecule has 2 heterocycles. The molecule has 2 saturated heterocycles. The molecular weight excluding hydrogens is 300 g/mol. The smallest absolute Gasteiger partial charge is 0.227 e. The Morgan fingerprint density at radius 3 is 2.68 bits per heavy atom. The molecule has 4 nitrogen and oxygen atoms in total. The van der Waals surface area contributed by atoms with Gasteiger partial charge in [0.2, 0.25) is 5.91 Å². The van der Waals surface area contributed by atoms with Crippen molar-refractivity contribution in [3.05, 3.63) is 29.8 Å². The van der Waals surface area contributed by atoms with E-state index >= 15 is 0 Å². The van der Waals surface area contributed by atoms with Crippen LogP contribution < -0.4 is 10.1 Å². The number of nitrogens with zero attached hydrogens (tertiary/aromatic N) is 1. The molecule has 1 aromatic rings. The molecule has 22 heavy (non-hydrogen) atoms. The minimum atomic E-state index is 0. The molecule has 2 bridgehead atoms. The van der Waals surface area contributed by atoms with Gasteiger partial charge in [0.15, 0.2) is 0 Å². The molecule has 2 unspecified atom stereocenters. The predicted molar refractivity (Wildman–Crippen MR) is 89.7 cm³/mol. The number of carbonyl (C=O) groups excluding carboxylic acids is 1. The van der Waals surface area contributed by atoms with E-state index < -0.39 is 0 Å². The van der Waals surface area contributed by atoms with Crippen LogP contribution in [0.3, 0.4) is 0 Å². The molecule has 0 aliphatic carbocycles. The molecular formula is C17H25ClN2O2. The van der Waals surface area contributed by atoms with E-state index in [1.54, 1.807) is 0 Å². The first-order valence-electron chi connectivity index (χ1n) is 8.01. The van der Waals surface area contributed by atoms with Gasteiger partial charge in [0.05, 0.1) is 13.0 Å². The first kappa shape index (κ1) is 17.1.